The molecule has 0 aliphatic rings. The van der Waals surface area contributed by atoms with E-state index in [0.29, 0.717) is 0 Å². The van der Waals surface area contributed by atoms with Gasteiger partial charge in [0.1, 0.15) is 0 Å². The Morgan fingerprint density at radius 2 is 1.25 bits per heavy atom. The molecule has 0 spiro atoms. The molecule has 0 atom stereocenters. The Hall–Kier alpha value is 0.549. The van der Waals surface area contributed by atoms with Gasteiger partial charge in [0.05, 0.1) is 0 Å². The molecule has 4 heavy (non-hydrogen) atoms. The standard InChI is InChI=1S/C2H3.ClH.Mn/c1-2;;/h1H,2H2;1H;/q-1;;. The number of rotatable bonds is 0. The molecule has 0 heterocycles. The Morgan fingerprint density at radius 3 is 1.25 bits per heavy atom. The molecule has 0 saturated heterocycles. The zero-order valence-electron chi connectivity index (χ0n) is 2.07. The van der Waals surface area contributed by atoms with Crippen molar-refractivity contribution in [3.63, 3.8) is 0 Å². The molecule has 0 saturated carbocycles. The minimum absolute atomic E-state index is 0. The molecule has 1 radical (unpaired) electrons. The van der Waals surface area contributed by atoms with Gasteiger partial charge in [-0.05, 0) is 0 Å². The molecular weight excluding hydrogens is 114 g/mol. The molecular formula is C2H4ClMn-. The molecule has 0 aliphatic carbocycles. The summed E-state index contributed by atoms with van der Waals surface area (Å²) in [4.78, 5) is 0. The van der Waals surface area contributed by atoms with E-state index in [1.165, 1.54) is 0 Å². The summed E-state index contributed by atoms with van der Waals surface area (Å²) in [7, 11) is 0. The number of halogens is 1. The quantitative estimate of drug-likeness (QED) is 0.329. The van der Waals surface area contributed by atoms with Crippen LogP contribution in [0.4, 0.5) is 0 Å². The van der Waals surface area contributed by atoms with Gasteiger partial charge < -0.3 is 6.58 Å². The van der Waals surface area contributed by atoms with Crippen molar-refractivity contribution in [3.8, 4) is 0 Å². The Labute approximate surface area is 43.2 Å². The maximum absolute atomic E-state index is 4.25. The summed E-state index contributed by atoms with van der Waals surface area (Å²) >= 11 is 0. The summed E-state index contributed by atoms with van der Waals surface area (Å²) in [5.74, 6) is 0. The van der Waals surface area contributed by atoms with E-state index in [9.17, 15) is 0 Å². The van der Waals surface area contributed by atoms with Gasteiger partial charge in [-0.2, -0.15) is 0 Å². The minimum atomic E-state index is 0. The van der Waals surface area contributed by atoms with E-state index in [2.05, 4.69) is 13.2 Å². The van der Waals surface area contributed by atoms with Gasteiger partial charge in [-0.25, -0.2) is 0 Å². The molecule has 0 rings (SSSR count). The molecule has 0 nitrogen and oxygen atoms in total. The maximum atomic E-state index is 4.25. The van der Waals surface area contributed by atoms with Crippen LogP contribution in [-0.4, -0.2) is 0 Å². The molecule has 0 aromatic rings. The third-order valence-electron chi connectivity index (χ3n) is 0. The van der Waals surface area contributed by atoms with Crippen molar-refractivity contribution >= 4 is 12.4 Å². The first-order valence-corrected chi connectivity index (χ1v) is 0.408. The summed E-state index contributed by atoms with van der Waals surface area (Å²) in [6.07, 6.45) is 0. The summed E-state index contributed by atoms with van der Waals surface area (Å²) in [6, 6.07) is 0. The summed E-state index contributed by atoms with van der Waals surface area (Å²) in [6.45, 7) is 7.00. The van der Waals surface area contributed by atoms with Crippen LogP contribution in [0.1, 0.15) is 0 Å². The van der Waals surface area contributed by atoms with E-state index in [-0.39, 0.29) is 29.5 Å². The van der Waals surface area contributed by atoms with E-state index in [0.717, 1.165) is 0 Å². The first-order valence-electron chi connectivity index (χ1n) is 0.408. The summed E-state index contributed by atoms with van der Waals surface area (Å²) in [5, 5.41) is 0. The van der Waals surface area contributed by atoms with Crippen LogP contribution in [0.5, 0.6) is 0 Å². The molecule has 0 aliphatic heterocycles. The van der Waals surface area contributed by atoms with E-state index < -0.39 is 0 Å². The fourth-order valence-electron chi connectivity index (χ4n) is 0. The average Bonchev–Trinajstić information content (AvgIpc) is 1.00. The van der Waals surface area contributed by atoms with E-state index in [4.69, 9.17) is 0 Å². The molecule has 2 heteroatoms. The van der Waals surface area contributed by atoms with Crippen LogP contribution in [0.15, 0.2) is 6.58 Å². The van der Waals surface area contributed by atoms with Crippen LogP contribution in [0.2, 0.25) is 0 Å². The molecule has 0 N–H and O–H groups in total. The normalized spacial score (nSPS) is 1.00. The van der Waals surface area contributed by atoms with Crippen LogP contribution in [0.25, 0.3) is 0 Å². The Kier molecular flexibility index (Phi) is 456. The number of hydrogen-bond acceptors (Lipinski definition) is 0. The monoisotopic (exact) mass is 118 g/mol. The molecule has 0 aromatic heterocycles. The number of hydrogen-bond donors (Lipinski definition) is 0. The van der Waals surface area contributed by atoms with Gasteiger partial charge in [0.25, 0.3) is 0 Å². The topological polar surface area (TPSA) is 0 Å². The van der Waals surface area contributed by atoms with Crippen LogP contribution in [0, 0.1) is 6.58 Å². The molecule has 0 unspecified atom stereocenters. The summed E-state index contributed by atoms with van der Waals surface area (Å²) in [5.41, 5.74) is 0. The Bertz CT molecular complexity index is 6.00. The zero-order chi connectivity index (χ0) is 2.00. The van der Waals surface area contributed by atoms with Crippen LogP contribution < -0.4 is 0 Å². The average molecular weight is 118 g/mol. The van der Waals surface area contributed by atoms with Gasteiger partial charge in [0.15, 0.2) is 0 Å². The SMILES string of the molecule is Cl.[CH-]=C.[Mn]. The van der Waals surface area contributed by atoms with Gasteiger partial charge in [0, 0.05) is 17.1 Å². The predicted octanol–water partition coefficient (Wildman–Crippen LogP) is 1.02. The van der Waals surface area contributed by atoms with Crippen molar-refractivity contribution in [2.24, 2.45) is 0 Å². The Morgan fingerprint density at radius 1 is 1.25 bits per heavy atom. The smallest absolute Gasteiger partial charge is 0 e. The fraction of sp³-hybridized carbons (Fsp3) is 0. The second-order valence-corrected chi connectivity index (χ2v) is 0. The van der Waals surface area contributed by atoms with Crippen molar-refractivity contribution < 1.29 is 17.1 Å². The van der Waals surface area contributed by atoms with Crippen LogP contribution >= 0.6 is 12.4 Å². The van der Waals surface area contributed by atoms with Crippen molar-refractivity contribution in [2.45, 2.75) is 0 Å². The van der Waals surface area contributed by atoms with E-state index in [1.807, 2.05) is 0 Å². The minimum Gasteiger partial charge on any atom is -0.521 e. The third kappa shape index (κ3) is 20.3. The Balaban J connectivity index is -0.00000000500. The van der Waals surface area contributed by atoms with E-state index >= 15 is 0 Å². The molecule has 0 aromatic carbocycles. The molecule has 27 valence electrons. The molecule has 0 bridgehead atoms. The largest absolute Gasteiger partial charge is 0.521 e. The van der Waals surface area contributed by atoms with Crippen molar-refractivity contribution in [3.05, 3.63) is 13.2 Å². The predicted molar refractivity (Wildman–Crippen MR) is 17.2 cm³/mol. The summed E-state index contributed by atoms with van der Waals surface area (Å²) < 4.78 is 0. The second kappa shape index (κ2) is 76.4. The second-order valence-electron chi connectivity index (χ2n) is 0. The molecule has 0 fully saturated rings. The fourth-order valence-corrected chi connectivity index (χ4v) is 0. The van der Waals surface area contributed by atoms with Crippen molar-refractivity contribution in [1.29, 1.82) is 0 Å². The van der Waals surface area contributed by atoms with Crippen LogP contribution in [-0.2, 0) is 17.1 Å². The van der Waals surface area contributed by atoms with E-state index in [1.54, 1.807) is 0 Å². The van der Waals surface area contributed by atoms with Crippen molar-refractivity contribution in [2.75, 3.05) is 0 Å². The third-order valence-corrected chi connectivity index (χ3v) is 0. The van der Waals surface area contributed by atoms with Gasteiger partial charge in [-0.1, -0.05) is 0 Å². The van der Waals surface area contributed by atoms with Crippen LogP contribution in [0.3, 0.4) is 0 Å². The maximum Gasteiger partial charge on any atom is 0 e. The zero-order valence-corrected chi connectivity index (χ0v) is 4.07. The van der Waals surface area contributed by atoms with Crippen molar-refractivity contribution in [1.82, 2.24) is 0 Å². The van der Waals surface area contributed by atoms with Gasteiger partial charge in [-0.15, -0.1) is 12.4 Å². The van der Waals surface area contributed by atoms with Gasteiger partial charge in [0.2, 0.25) is 0 Å². The first kappa shape index (κ1) is 23.9. The molecule has 0 amide bonds. The first-order chi connectivity index (χ1) is 1.00. The van der Waals surface area contributed by atoms with Gasteiger partial charge in [-0.3, -0.25) is 6.58 Å². The van der Waals surface area contributed by atoms with Gasteiger partial charge >= 0.3 is 0 Å².